The third-order valence-corrected chi connectivity index (χ3v) is 3.46. The molecule has 3 rings (SSSR count). The standard InChI is InChI=1S/C15H12O7/c16-7-5-10(18)12-11(6-7)22-14(15(20,21)13(12)19)8-3-1-2-4-9(8)17/h1-6,14,16-18,20-21H. The molecule has 1 aliphatic rings. The van der Waals surface area contributed by atoms with Crippen LogP contribution in [0.3, 0.4) is 0 Å². The first-order valence-corrected chi connectivity index (χ1v) is 6.32. The van der Waals surface area contributed by atoms with E-state index < -0.39 is 29.0 Å². The van der Waals surface area contributed by atoms with E-state index in [9.17, 15) is 30.3 Å². The number of hydrogen-bond acceptors (Lipinski definition) is 7. The van der Waals surface area contributed by atoms with E-state index in [1.807, 2.05) is 0 Å². The van der Waals surface area contributed by atoms with E-state index in [-0.39, 0.29) is 22.8 Å². The van der Waals surface area contributed by atoms with Gasteiger partial charge in [0, 0.05) is 17.7 Å². The first kappa shape index (κ1) is 14.2. The Morgan fingerprint density at radius 3 is 2.36 bits per heavy atom. The fourth-order valence-electron chi connectivity index (χ4n) is 2.41. The average Bonchev–Trinajstić information content (AvgIpc) is 2.43. The molecule has 2 aromatic carbocycles. The van der Waals surface area contributed by atoms with Gasteiger partial charge < -0.3 is 30.3 Å². The van der Waals surface area contributed by atoms with E-state index in [4.69, 9.17) is 4.74 Å². The van der Waals surface area contributed by atoms with Gasteiger partial charge in [-0.05, 0) is 6.07 Å². The normalized spacial score (nSPS) is 19.4. The predicted molar refractivity (Wildman–Crippen MR) is 72.7 cm³/mol. The zero-order valence-electron chi connectivity index (χ0n) is 11.1. The lowest BCUT2D eigenvalue weighted by molar-refractivity contribution is -0.186. The number of carbonyl (C=O) groups excluding carboxylic acids is 1. The van der Waals surface area contributed by atoms with Gasteiger partial charge in [-0.25, -0.2) is 0 Å². The summed E-state index contributed by atoms with van der Waals surface area (Å²) in [7, 11) is 0. The minimum atomic E-state index is -2.99. The molecular weight excluding hydrogens is 292 g/mol. The second-order valence-electron chi connectivity index (χ2n) is 4.95. The maximum absolute atomic E-state index is 12.3. The summed E-state index contributed by atoms with van der Waals surface area (Å²) in [6.45, 7) is 0. The van der Waals surface area contributed by atoms with Crippen LogP contribution in [0, 0.1) is 0 Å². The molecule has 0 aliphatic carbocycles. The molecule has 7 heteroatoms. The number of hydrogen-bond donors (Lipinski definition) is 5. The van der Waals surface area contributed by atoms with Crippen LogP contribution in [0.4, 0.5) is 0 Å². The number of ketones is 1. The Balaban J connectivity index is 2.19. The summed E-state index contributed by atoms with van der Waals surface area (Å²) >= 11 is 0. The molecular formula is C15H12O7. The van der Waals surface area contributed by atoms with Gasteiger partial charge in [0.15, 0.2) is 6.10 Å². The zero-order valence-corrected chi connectivity index (χ0v) is 11.1. The number of phenolic OH excluding ortho intramolecular Hbond substituents is 3. The van der Waals surface area contributed by atoms with Crippen LogP contribution in [-0.2, 0) is 0 Å². The van der Waals surface area contributed by atoms with E-state index in [1.165, 1.54) is 24.3 Å². The highest BCUT2D eigenvalue weighted by Crippen LogP contribution is 2.46. The van der Waals surface area contributed by atoms with Crippen molar-refractivity contribution in [1.82, 2.24) is 0 Å². The zero-order chi connectivity index (χ0) is 16.1. The summed E-state index contributed by atoms with van der Waals surface area (Å²) in [5.74, 6) is -5.68. The third kappa shape index (κ3) is 1.95. The summed E-state index contributed by atoms with van der Waals surface area (Å²) in [6.07, 6.45) is -1.62. The molecule has 1 aliphatic heterocycles. The average molecular weight is 304 g/mol. The molecule has 0 radical (unpaired) electrons. The Morgan fingerprint density at radius 2 is 1.68 bits per heavy atom. The number of aliphatic hydroxyl groups is 2. The van der Waals surface area contributed by atoms with Crippen molar-refractivity contribution in [1.29, 1.82) is 0 Å². The summed E-state index contributed by atoms with van der Waals surface area (Å²) in [5, 5.41) is 49.3. The first-order valence-electron chi connectivity index (χ1n) is 6.32. The summed E-state index contributed by atoms with van der Waals surface area (Å²) < 4.78 is 5.35. The molecule has 1 atom stereocenters. The van der Waals surface area contributed by atoms with E-state index in [0.717, 1.165) is 12.1 Å². The van der Waals surface area contributed by atoms with Crippen LogP contribution in [0.5, 0.6) is 23.0 Å². The number of benzene rings is 2. The van der Waals surface area contributed by atoms with E-state index >= 15 is 0 Å². The van der Waals surface area contributed by atoms with Crippen LogP contribution in [0.25, 0.3) is 0 Å². The third-order valence-electron chi connectivity index (χ3n) is 3.46. The lowest BCUT2D eigenvalue weighted by Gasteiger charge is -2.35. The summed E-state index contributed by atoms with van der Waals surface area (Å²) in [4.78, 5) is 12.3. The first-order chi connectivity index (χ1) is 10.3. The Morgan fingerprint density at radius 1 is 1.00 bits per heavy atom. The van der Waals surface area contributed by atoms with E-state index in [1.54, 1.807) is 0 Å². The van der Waals surface area contributed by atoms with Crippen molar-refractivity contribution in [3.63, 3.8) is 0 Å². The second-order valence-corrected chi connectivity index (χ2v) is 4.95. The molecule has 114 valence electrons. The maximum Gasteiger partial charge on any atom is 0.272 e. The van der Waals surface area contributed by atoms with Crippen LogP contribution in [0.2, 0.25) is 0 Å². The van der Waals surface area contributed by atoms with Gasteiger partial charge in [0.05, 0.1) is 0 Å². The second kappa shape index (κ2) is 4.62. The highest BCUT2D eigenvalue weighted by molar-refractivity contribution is 6.07. The minimum Gasteiger partial charge on any atom is -0.508 e. The van der Waals surface area contributed by atoms with Gasteiger partial charge in [-0.15, -0.1) is 0 Å². The van der Waals surface area contributed by atoms with Crippen molar-refractivity contribution in [2.45, 2.75) is 11.9 Å². The number of rotatable bonds is 1. The van der Waals surface area contributed by atoms with Crippen molar-refractivity contribution >= 4 is 5.78 Å². The largest absolute Gasteiger partial charge is 0.508 e. The molecule has 0 fully saturated rings. The van der Waals surface area contributed by atoms with Crippen LogP contribution < -0.4 is 4.74 Å². The van der Waals surface area contributed by atoms with E-state index in [2.05, 4.69) is 0 Å². The number of carbonyl (C=O) groups is 1. The number of ether oxygens (including phenoxy) is 1. The van der Waals surface area contributed by atoms with Crippen LogP contribution in [0.1, 0.15) is 22.0 Å². The molecule has 0 saturated heterocycles. The number of para-hydroxylation sites is 1. The molecule has 1 unspecified atom stereocenters. The summed E-state index contributed by atoms with van der Waals surface area (Å²) in [5.41, 5.74) is -0.469. The molecule has 0 amide bonds. The molecule has 0 bridgehead atoms. The summed E-state index contributed by atoms with van der Waals surface area (Å²) in [6, 6.07) is 7.66. The number of fused-ring (bicyclic) bond motifs is 1. The Kier molecular flexibility index (Phi) is 2.98. The topological polar surface area (TPSA) is 127 Å². The molecule has 7 nitrogen and oxygen atoms in total. The van der Waals surface area contributed by atoms with Gasteiger partial charge in [-0.1, -0.05) is 18.2 Å². The lowest BCUT2D eigenvalue weighted by atomic mass is 9.89. The molecule has 0 aromatic heterocycles. The van der Waals surface area contributed by atoms with E-state index in [0.29, 0.717) is 0 Å². The monoisotopic (exact) mass is 304 g/mol. The molecule has 0 saturated carbocycles. The van der Waals surface area contributed by atoms with Gasteiger partial charge in [-0.2, -0.15) is 0 Å². The SMILES string of the molecule is O=C1c2c(O)cc(O)cc2OC(c2ccccc2O)C1(O)O. The highest BCUT2D eigenvalue weighted by Gasteiger charge is 2.52. The predicted octanol–water partition coefficient (Wildman–Crippen LogP) is 0.801. The minimum absolute atomic E-state index is 0.0191. The Bertz CT molecular complexity index is 766. The van der Waals surface area contributed by atoms with Crippen LogP contribution in [-0.4, -0.2) is 37.1 Å². The molecule has 5 N–H and O–H groups in total. The highest BCUT2D eigenvalue weighted by atomic mass is 16.6. The molecule has 1 heterocycles. The van der Waals surface area contributed by atoms with Gasteiger partial charge in [0.1, 0.15) is 28.6 Å². The number of aromatic hydroxyl groups is 3. The fourth-order valence-corrected chi connectivity index (χ4v) is 2.41. The quantitative estimate of drug-likeness (QED) is 0.493. The lowest BCUT2D eigenvalue weighted by Crippen LogP contribution is -2.49. The van der Waals surface area contributed by atoms with Crippen LogP contribution >= 0.6 is 0 Å². The van der Waals surface area contributed by atoms with Gasteiger partial charge in [-0.3, -0.25) is 4.79 Å². The number of Topliss-reactive ketones (excluding diaryl/α,β-unsaturated/α-hetero) is 1. The van der Waals surface area contributed by atoms with Crippen molar-refractivity contribution in [3.05, 3.63) is 47.5 Å². The number of phenols is 3. The molecule has 22 heavy (non-hydrogen) atoms. The van der Waals surface area contributed by atoms with Crippen molar-refractivity contribution in [2.75, 3.05) is 0 Å². The van der Waals surface area contributed by atoms with Gasteiger partial charge >= 0.3 is 0 Å². The Labute approximate surface area is 124 Å². The van der Waals surface area contributed by atoms with Crippen molar-refractivity contribution in [3.8, 4) is 23.0 Å². The van der Waals surface area contributed by atoms with Crippen LogP contribution in [0.15, 0.2) is 36.4 Å². The smallest absolute Gasteiger partial charge is 0.272 e. The maximum atomic E-state index is 12.3. The Hall–Kier alpha value is -2.77. The fraction of sp³-hybridized carbons (Fsp3) is 0.133. The molecule has 2 aromatic rings. The van der Waals surface area contributed by atoms with Gasteiger partial charge in [0.25, 0.3) is 5.79 Å². The van der Waals surface area contributed by atoms with Crippen molar-refractivity contribution in [2.24, 2.45) is 0 Å². The molecule has 0 spiro atoms. The van der Waals surface area contributed by atoms with Gasteiger partial charge in [0.2, 0.25) is 5.78 Å². The van der Waals surface area contributed by atoms with Crippen molar-refractivity contribution < 1.29 is 35.1 Å².